The van der Waals surface area contributed by atoms with Crippen LogP contribution in [0.25, 0.3) is 0 Å². The van der Waals surface area contributed by atoms with Crippen LogP contribution in [0.1, 0.15) is 6.42 Å². The monoisotopic (exact) mass is 183 g/mol. The van der Waals surface area contributed by atoms with E-state index in [1.165, 1.54) is 0 Å². The smallest absolute Gasteiger partial charge is 0.255 e. The number of hydrogen-bond donors (Lipinski definition) is 1. The van der Waals surface area contributed by atoms with Crippen molar-refractivity contribution in [2.45, 2.75) is 6.42 Å². The maximum absolute atomic E-state index is 12.9. The van der Waals surface area contributed by atoms with Crippen LogP contribution in [-0.2, 0) is 0 Å². The molecule has 2 N–H and O–H groups in total. The number of nitrogens with zero attached hydrogens (tertiary/aromatic N) is 2. The molecule has 0 saturated heterocycles. The van der Waals surface area contributed by atoms with Gasteiger partial charge in [0.15, 0.2) is 0 Å². The third-order valence-corrected chi connectivity index (χ3v) is 1.29. The molecule has 0 radical (unpaired) electrons. The Hall–Kier alpha value is -1.65. The zero-order valence-corrected chi connectivity index (χ0v) is 7.03. The zero-order chi connectivity index (χ0) is 9.68. The van der Waals surface area contributed by atoms with E-state index in [2.05, 4.69) is 16.5 Å². The highest BCUT2D eigenvalue weighted by Gasteiger charge is 2.05. The molecule has 0 aliphatic heterocycles. The topological polar surface area (TPSA) is 61.0 Å². The molecule has 13 heavy (non-hydrogen) atoms. The van der Waals surface area contributed by atoms with E-state index in [1.807, 2.05) is 0 Å². The number of ether oxygens (including phenoxy) is 1. The van der Waals surface area contributed by atoms with Crippen LogP contribution in [0.4, 0.5) is 10.3 Å². The molecular weight excluding hydrogens is 173 g/mol. The summed E-state index contributed by atoms with van der Waals surface area (Å²) < 4.78 is 17.8. The first-order chi connectivity index (χ1) is 6.24. The third kappa shape index (κ3) is 2.70. The van der Waals surface area contributed by atoms with E-state index in [-0.39, 0.29) is 11.8 Å². The predicted molar refractivity (Wildman–Crippen MR) is 46.7 cm³/mol. The largest absolute Gasteiger partial charge is 0.475 e. The van der Waals surface area contributed by atoms with Crippen molar-refractivity contribution in [2.24, 2.45) is 0 Å². The minimum Gasteiger partial charge on any atom is -0.475 e. The third-order valence-electron chi connectivity index (χ3n) is 1.29. The Bertz CT molecular complexity index is 303. The Morgan fingerprint density at radius 3 is 3.15 bits per heavy atom. The molecule has 0 spiro atoms. The van der Waals surface area contributed by atoms with E-state index >= 15 is 0 Å². The van der Waals surface area contributed by atoms with Crippen LogP contribution in [0.2, 0.25) is 0 Å². The predicted octanol–water partition coefficient (Wildman–Crippen LogP) is 1.15. The lowest BCUT2D eigenvalue weighted by atomic mass is 10.4. The minimum atomic E-state index is -0.613. The van der Waals surface area contributed by atoms with Crippen LogP contribution in [-0.4, -0.2) is 16.6 Å². The number of hydrogen-bond acceptors (Lipinski definition) is 4. The number of aromatic nitrogens is 2. The molecule has 0 bridgehead atoms. The van der Waals surface area contributed by atoms with Crippen molar-refractivity contribution in [3.05, 3.63) is 24.7 Å². The van der Waals surface area contributed by atoms with E-state index in [1.54, 1.807) is 6.08 Å². The van der Waals surface area contributed by atoms with E-state index < -0.39 is 5.82 Å². The summed E-state index contributed by atoms with van der Waals surface area (Å²) in [5.41, 5.74) is 5.24. The van der Waals surface area contributed by atoms with Crippen molar-refractivity contribution >= 4 is 5.95 Å². The van der Waals surface area contributed by atoms with Crippen molar-refractivity contribution < 1.29 is 9.13 Å². The van der Waals surface area contributed by atoms with Crippen molar-refractivity contribution in [1.29, 1.82) is 0 Å². The molecule has 0 aliphatic carbocycles. The van der Waals surface area contributed by atoms with Gasteiger partial charge in [0.25, 0.3) is 5.88 Å². The summed E-state index contributed by atoms with van der Waals surface area (Å²) in [4.78, 5) is 7.04. The first-order valence-electron chi connectivity index (χ1n) is 3.75. The molecule has 0 aliphatic rings. The lowest BCUT2D eigenvalue weighted by molar-refractivity contribution is 0.294. The van der Waals surface area contributed by atoms with Gasteiger partial charge in [-0.15, -0.1) is 6.58 Å². The molecule has 5 heteroatoms. The summed E-state index contributed by atoms with van der Waals surface area (Å²) in [6, 6.07) is 0. The quantitative estimate of drug-likeness (QED) is 0.562. The van der Waals surface area contributed by atoms with Gasteiger partial charge < -0.3 is 10.5 Å². The fourth-order valence-corrected chi connectivity index (χ4v) is 0.704. The van der Waals surface area contributed by atoms with E-state index in [0.29, 0.717) is 13.0 Å². The molecule has 0 atom stereocenters. The van der Waals surface area contributed by atoms with Crippen molar-refractivity contribution in [3.63, 3.8) is 0 Å². The standard InChI is InChI=1S/C8H10FN3O/c1-2-3-4-13-7-6(9)5-11-8(10)12-7/h2,5H,1,3-4H2,(H2,10,11,12). The molecule has 1 heterocycles. The number of anilines is 1. The normalized spacial score (nSPS) is 9.62. The second-order valence-corrected chi connectivity index (χ2v) is 2.31. The SMILES string of the molecule is C=CCCOc1nc(N)ncc1F. The zero-order valence-electron chi connectivity index (χ0n) is 7.03. The lowest BCUT2D eigenvalue weighted by Crippen LogP contribution is -2.03. The summed E-state index contributed by atoms with van der Waals surface area (Å²) in [6.07, 6.45) is 3.28. The van der Waals surface area contributed by atoms with Crippen molar-refractivity contribution in [3.8, 4) is 5.88 Å². The Labute approximate surface area is 75.3 Å². The van der Waals surface area contributed by atoms with Crippen molar-refractivity contribution in [2.75, 3.05) is 12.3 Å². The second kappa shape index (κ2) is 4.39. The van der Waals surface area contributed by atoms with E-state index in [4.69, 9.17) is 10.5 Å². The van der Waals surface area contributed by atoms with Gasteiger partial charge in [-0.2, -0.15) is 9.37 Å². The summed E-state index contributed by atoms with van der Waals surface area (Å²) in [7, 11) is 0. The van der Waals surface area contributed by atoms with E-state index in [0.717, 1.165) is 6.20 Å². The maximum atomic E-state index is 12.9. The number of halogens is 1. The average Bonchev–Trinajstić information content (AvgIpc) is 2.11. The van der Waals surface area contributed by atoms with Crippen LogP contribution < -0.4 is 10.5 Å². The van der Waals surface area contributed by atoms with Gasteiger partial charge in [0, 0.05) is 0 Å². The summed E-state index contributed by atoms with van der Waals surface area (Å²) in [5, 5.41) is 0. The van der Waals surface area contributed by atoms with Gasteiger partial charge in [-0.3, -0.25) is 0 Å². The molecule has 4 nitrogen and oxygen atoms in total. The van der Waals surface area contributed by atoms with Gasteiger partial charge in [0.1, 0.15) is 0 Å². The second-order valence-electron chi connectivity index (χ2n) is 2.31. The van der Waals surface area contributed by atoms with Gasteiger partial charge in [-0.25, -0.2) is 4.98 Å². The van der Waals surface area contributed by atoms with Crippen LogP contribution >= 0.6 is 0 Å². The summed E-state index contributed by atoms with van der Waals surface area (Å²) >= 11 is 0. The molecular formula is C8H10FN3O. The Kier molecular flexibility index (Phi) is 3.19. The molecule has 1 aromatic heterocycles. The molecule has 1 rings (SSSR count). The van der Waals surface area contributed by atoms with Gasteiger partial charge in [0.05, 0.1) is 12.8 Å². The Morgan fingerprint density at radius 1 is 1.69 bits per heavy atom. The highest BCUT2D eigenvalue weighted by Crippen LogP contribution is 2.12. The molecule has 0 saturated carbocycles. The molecule has 1 aromatic rings. The summed E-state index contributed by atoms with van der Waals surface area (Å²) in [6.45, 7) is 3.83. The number of nitrogen functional groups attached to an aromatic ring is 1. The lowest BCUT2D eigenvalue weighted by Gasteiger charge is -2.03. The first kappa shape index (κ1) is 9.44. The molecule has 0 aromatic carbocycles. The highest BCUT2D eigenvalue weighted by molar-refractivity contribution is 5.22. The van der Waals surface area contributed by atoms with Gasteiger partial charge in [-0.05, 0) is 6.42 Å². The van der Waals surface area contributed by atoms with E-state index in [9.17, 15) is 4.39 Å². The number of rotatable bonds is 4. The average molecular weight is 183 g/mol. The molecule has 0 amide bonds. The Balaban J connectivity index is 2.64. The van der Waals surface area contributed by atoms with Crippen molar-refractivity contribution in [1.82, 2.24) is 9.97 Å². The summed E-state index contributed by atoms with van der Waals surface area (Å²) in [5.74, 6) is -0.734. The number of nitrogens with two attached hydrogens (primary N) is 1. The van der Waals surface area contributed by atoms with Crippen LogP contribution in [0.3, 0.4) is 0 Å². The fourth-order valence-electron chi connectivity index (χ4n) is 0.704. The Morgan fingerprint density at radius 2 is 2.46 bits per heavy atom. The maximum Gasteiger partial charge on any atom is 0.255 e. The fraction of sp³-hybridized carbons (Fsp3) is 0.250. The van der Waals surface area contributed by atoms with Gasteiger partial charge in [0.2, 0.25) is 11.8 Å². The minimum absolute atomic E-state index is 0.00463. The first-order valence-corrected chi connectivity index (χ1v) is 3.75. The molecule has 0 fully saturated rings. The van der Waals surface area contributed by atoms with Crippen LogP contribution in [0, 0.1) is 5.82 Å². The highest BCUT2D eigenvalue weighted by atomic mass is 19.1. The van der Waals surface area contributed by atoms with Crippen LogP contribution in [0.5, 0.6) is 5.88 Å². The molecule has 70 valence electrons. The van der Waals surface area contributed by atoms with Crippen LogP contribution in [0.15, 0.2) is 18.9 Å². The van der Waals surface area contributed by atoms with Gasteiger partial charge >= 0.3 is 0 Å². The molecule has 0 unspecified atom stereocenters. The van der Waals surface area contributed by atoms with Gasteiger partial charge in [-0.1, -0.05) is 6.08 Å².